The van der Waals surface area contributed by atoms with Gasteiger partial charge in [-0.1, -0.05) is 6.07 Å². The van der Waals surface area contributed by atoms with Crippen LogP contribution in [0.25, 0.3) is 0 Å². The van der Waals surface area contributed by atoms with E-state index in [1.165, 1.54) is 0 Å². The number of amides is 1. The average molecular weight is 283 g/mol. The van der Waals surface area contributed by atoms with Gasteiger partial charge in [-0.2, -0.15) is 0 Å². The number of fused-ring (bicyclic) bond motifs is 1. The summed E-state index contributed by atoms with van der Waals surface area (Å²) in [5.74, 6) is 0.0777. The fraction of sp³-hybridized carbons (Fsp3) is 0.417. The number of nitrogens with one attached hydrogen (secondary N) is 1. The summed E-state index contributed by atoms with van der Waals surface area (Å²) in [6, 6.07) is 5.88. The number of nitrogens with zero attached hydrogens (tertiary/aromatic N) is 1. The van der Waals surface area contributed by atoms with Crippen molar-refractivity contribution in [2.24, 2.45) is 0 Å². The maximum absolute atomic E-state index is 11.6. The lowest BCUT2D eigenvalue weighted by Crippen LogP contribution is -2.50. The number of carbonyl (C=O) groups excluding carboxylic acids is 1. The first-order chi connectivity index (χ1) is 7.41. The van der Waals surface area contributed by atoms with Crippen molar-refractivity contribution in [3.63, 3.8) is 0 Å². The van der Waals surface area contributed by atoms with Gasteiger partial charge in [-0.15, -0.1) is 0 Å². The van der Waals surface area contributed by atoms with E-state index >= 15 is 0 Å². The predicted molar refractivity (Wildman–Crippen MR) is 69.9 cm³/mol. The van der Waals surface area contributed by atoms with Gasteiger partial charge in [0.2, 0.25) is 5.91 Å². The molecule has 2 rings (SSSR count). The molecule has 16 heavy (non-hydrogen) atoms. The second-order valence-corrected chi connectivity index (χ2v) is 5.60. The highest BCUT2D eigenvalue weighted by Gasteiger charge is 2.32. The Hall–Kier alpha value is -1.03. The maximum atomic E-state index is 11.6. The van der Waals surface area contributed by atoms with Gasteiger partial charge in [-0.3, -0.25) is 4.79 Å². The molecular formula is C12H15BrN2O. The summed E-state index contributed by atoms with van der Waals surface area (Å²) < 4.78 is 0.990. The molecule has 1 aliphatic rings. The third-order valence-corrected chi connectivity index (χ3v) is 3.34. The molecule has 1 aromatic carbocycles. The molecule has 0 unspecified atom stereocenters. The molecule has 0 saturated carbocycles. The Morgan fingerprint density at radius 1 is 1.50 bits per heavy atom. The van der Waals surface area contributed by atoms with E-state index in [9.17, 15) is 4.79 Å². The Morgan fingerprint density at radius 2 is 2.19 bits per heavy atom. The van der Waals surface area contributed by atoms with Gasteiger partial charge in [-0.05, 0) is 41.9 Å². The SMILES string of the molecule is CC(=O)N1CC(C)(C)Nc2c(Br)cccc21. The van der Waals surface area contributed by atoms with Crippen LogP contribution < -0.4 is 10.2 Å². The van der Waals surface area contributed by atoms with E-state index in [1.807, 2.05) is 23.1 Å². The van der Waals surface area contributed by atoms with Gasteiger partial charge in [0, 0.05) is 23.5 Å². The molecule has 0 bridgehead atoms. The molecule has 0 saturated heterocycles. The van der Waals surface area contributed by atoms with Gasteiger partial charge in [0.25, 0.3) is 0 Å². The number of halogens is 1. The van der Waals surface area contributed by atoms with Gasteiger partial charge in [0.15, 0.2) is 0 Å². The number of anilines is 2. The van der Waals surface area contributed by atoms with E-state index < -0.39 is 0 Å². The van der Waals surface area contributed by atoms with Gasteiger partial charge in [0.1, 0.15) is 0 Å². The number of para-hydroxylation sites is 1. The van der Waals surface area contributed by atoms with Crippen LogP contribution in [0.2, 0.25) is 0 Å². The zero-order valence-corrected chi connectivity index (χ0v) is 11.3. The van der Waals surface area contributed by atoms with Gasteiger partial charge >= 0.3 is 0 Å². The van der Waals surface area contributed by atoms with E-state index in [-0.39, 0.29) is 11.4 Å². The third kappa shape index (κ3) is 1.94. The normalized spacial score (nSPS) is 17.6. The van der Waals surface area contributed by atoms with Crippen LogP contribution in [0.4, 0.5) is 11.4 Å². The van der Waals surface area contributed by atoms with E-state index in [1.54, 1.807) is 6.92 Å². The molecule has 1 aliphatic heterocycles. The van der Waals surface area contributed by atoms with Crippen molar-refractivity contribution >= 4 is 33.2 Å². The first kappa shape index (κ1) is 11.5. The maximum Gasteiger partial charge on any atom is 0.224 e. The van der Waals surface area contributed by atoms with Crippen molar-refractivity contribution < 1.29 is 4.79 Å². The zero-order chi connectivity index (χ0) is 11.9. The number of benzene rings is 1. The Morgan fingerprint density at radius 3 is 2.81 bits per heavy atom. The molecule has 0 aromatic heterocycles. The standard InChI is InChI=1S/C12H15BrN2O/c1-8(16)15-7-12(2,3)14-11-9(13)5-4-6-10(11)15/h4-6,14H,7H2,1-3H3. The van der Waals surface area contributed by atoms with Crippen LogP contribution in [0.3, 0.4) is 0 Å². The molecule has 4 heteroatoms. The van der Waals surface area contributed by atoms with E-state index in [0.29, 0.717) is 6.54 Å². The second-order valence-electron chi connectivity index (χ2n) is 4.75. The minimum Gasteiger partial charge on any atom is -0.376 e. The molecule has 0 fully saturated rings. The first-order valence-corrected chi connectivity index (χ1v) is 6.05. The Kier molecular flexibility index (Phi) is 2.70. The highest BCUT2D eigenvalue weighted by molar-refractivity contribution is 9.10. The predicted octanol–water partition coefficient (Wildman–Crippen LogP) is 3.01. The molecule has 1 amide bonds. The monoisotopic (exact) mass is 282 g/mol. The van der Waals surface area contributed by atoms with Crippen molar-refractivity contribution in [1.29, 1.82) is 0 Å². The zero-order valence-electron chi connectivity index (χ0n) is 9.67. The van der Waals surface area contributed by atoms with Crippen LogP contribution in [-0.4, -0.2) is 18.0 Å². The topological polar surface area (TPSA) is 32.3 Å². The highest BCUT2D eigenvalue weighted by atomic mass is 79.9. The second kappa shape index (κ2) is 3.77. The van der Waals surface area contributed by atoms with Gasteiger partial charge < -0.3 is 10.2 Å². The fourth-order valence-corrected chi connectivity index (χ4v) is 2.46. The van der Waals surface area contributed by atoms with Crippen LogP contribution in [0, 0.1) is 0 Å². The van der Waals surface area contributed by atoms with Crippen molar-refractivity contribution in [1.82, 2.24) is 0 Å². The number of carbonyl (C=O) groups is 1. The quantitative estimate of drug-likeness (QED) is 0.793. The van der Waals surface area contributed by atoms with Crippen molar-refractivity contribution in [2.75, 3.05) is 16.8 Å². The van der Waals surface area contributed by atoms with E-state index in [0.717, 1.165) is 15.8 Å². The van der Waals surface area contributed by atoms with Crippen LogP contribution in [0.5, 0.6) is 0 Å². The fourth-order valence-electron chi connectivity index (χ4n) is 2.00. The van der Waals surface area contributed by atoms with Crippen LogP contribution in [0.1, 0.15) is 20.8 Å². The minimum absolute atomic E-state index is 0.0777. The first-order valence-electron chi connectivity index (χ1n) is 5.25. The van der Waals surface area contributed by atoms with Gasteiger partial charge in [0.05, 0.1) is 11.4 Å². The highest BCUT2D eigenvalue weighted by Crippen LogP contribution is 2.39. The molecule has 0 atom stereocenters. The van der Waals surface area contributed by atoms with Crippen molar-refractivity contribution in [3.05, 3.63) is 22.7 Å². The Labute approximate surface area is 104 Å². The van der Waals surface area contributed by atoms with Crippen LogP contribution in [0.15, 0.2) is 22.7 Å². The molecule has 3 nitrogen and oxygen atoms in total. The summed E-state index contributed by atoms with van der Waals surface area (Å²) in [6.07, 6.45) is 0. The molecule has 86 valence electrons. The molecule has 0 radical (unpaired) electrons. The smallest absolute Gasteiger partial charge is 0.224 e. The number of hydrogen-bond acceptors (Lipinski definition) is 2. The third-order valence-electron chi connectivity index (χ3n) is 2.68. The summed E-state index contributed by atoms with van der Waals surface area (Å²) >= 11 is 3.51. The lowest BCUT2D eigenvalue weighted by Gasteiger charge is -2.40. The number of rotatable bonds is 0. The average Bonchev–Trinajstić information content (AvgIpc) is 2.17. The minimum atomic E-state index is -0.109. The van der Waals surface area contributed by atoms with E-state index in [2.05, 4.69) is 35.1 Å². The van der Waals surface area contributed by atoms with E-state index in [4.69, 9.17) is 0 Å². The Bertz CT molecular complexity index is 443. The lowest BCUT2D eigenvalue weighted by molar-refractivity contribution is -0.116. The Balaban J connectivity index is 2.55. The summed E-state index contributed by atoms with van der Waals surface area (Å²) in [6.45, 7) is 6.47. The number of hydrogen-bond donors (Lipinski definition) is 1. The molecule has 0 aliphatic carbocycles. The summed E-state index contributed by atoms with van der Waals surface area (Å²) in [5, 5.41) is 3.45. The summed E-state index contributed by atoms with van der Waals surface area (Å²) in [4.78, 5) is 13.5. The van der Waals surface area contributed by atoms with Gasteiger partial charge in [-0.25, -0.2) is 0 Å². The molecule has 1 aromatic rings. The largest absolute Gasteiger partial charge is 0.376 e. The molecule has 0 spiro atoms. The molecular weight excluding hydrogens is 268 g/mol. The van der Waals surface area contributed by atoms with Crippen LogP contribution in [-0.2, 0) is 4.79 Å². The van der Waals surface area contributed by atoms with Crippen molar-refractivity contribution in [3.8, 4) is 0 Å². The van der Waals surface area contributed by atoms with Crippen LogP contribution >= 0.6 is 15.9 Å². The lowest BCUT2D eigenvalue weighted by atomic mass is 9.99. The molecule has 1 N–H and O–H groups in total. The summed E-state index contributed by atoms with van der Waals surface area (Å²) in [7, 11) is 0. The summed E-state index contributed by atoms with van der Waals surface area (Å²) in [5.41, 5.74) is 1.83. The van der Waals surface area contributed by atoms with Crippen molar-refractivity contribution in [2.45, 2.75) is 26.3 Å². The molecule has 1 heterocycles.